The second-order valence-electron chi connectivity index (χ2n) is 6.99. The summed E-state index contributed by atoms with van der Waals surface area (Å²) in [5, 5.41) is 12.5. The fourth-order valence-electron chi connectivity index (χ4n) is 3.60. The van der Waals surface area contributed by atoms with E-state index in [2.05, 4.69) is 18.3 Å². The van der Waals surface area contributed by atoms with Crippen molar-refractivity contribution in [1.29, 1.82) is 0 Å². The van der Waals surface area contributed by atoms with Crippen molar-refractivity contribution in [2.75, 3.05) is 19.7 Å². The number of fused-ring (bicyclic) bond motifs is 1. The molecule has 1 heterocycles. The zero-order valence-electron chi connectivity index (χ0n) is 16.4. The van der Waals surface area contributed by atoms with Gasteiger partial charge in [0.1, 0.15) is 5.75 Å². The number of carboxylic acids is 1. The van der Waals surface area contributed by atoms with E-state index >= 15 is 0 Å². The van der Waals surface area contributed by atoms with E-state index in [4.69, 9.17) is 21.4 Å². The number of rotatable bonds is 7. The number of aliphatic carboxylic acids is 1. The third-order valence-corrected chi connectivity index (χ3v) is 5.20. The van der Waals surface area contributed by atoms with Gasteiger partial charge < -0.3 is 20.1 Å². The Balaban J connectivity index is 2.02. The van der Waals surface area contributed by atoms with Gasteiger partial charge in [-0.25, -0.2) is 9.59 Å². The molecule has 2 amide bonds. The maximum atomic E-state index is 13.0. The van der Waals surface area contributed by atoms with E-state index < -0.39 is 18.6 Å². The highest BCUT2D eigenvalue weighted by Crippen LogP contribution is 2.40. The van der Waals surface area contributed by atoms with Crippen molar-refractivity contribution in [1.82, 2.24) is 10.2 Å². The van der Waals surface area contributed by atoms with Crippen molar-refractivity contribution in [2.45, 2.75) is 32.2 Å². The Bertz CT molecular complexity index is 887. The van der Waals surface area contributed by atoms with Crippen LogP contribution in [-0.2, 0) is 11.2 Å². The third kappa shape index (κ3) is 5.01. The molecule has 0 spiro atoms. The topological polar surface area (TPSA) is 78.9 Å². The molecule has 1 atom stereocenters. The van der Waals surface area contributed by atoms with Crippen molar-refractivity contribution in [3.05, 3.63) is 64.2 Å². The number of benzene rings is 2. The summed E-state index contributed by atoms with van der Waals surface area (Å²) in [6.07, 6.45) is 2.65. The Morgan fingerprint density at radius 1 is 1.24 bits per heavy atom. The molecule has 2 N–H and O–H groups in total. The summed E-state index contributed by atoms with van der Waals surface area (Å²) < 4.78 is 5.53. The Morgan fingerprint density at radius 3 is 2.79 bits per heavy atom. The Hall–Kier alpha value is -2.73. The molecule has 154 valence electrons. The highest BCUT2D eigenvalue weighted by atomic mass is 35.5. The van der Waals surface area contributed by atoms with Gasteiger partial charge in [0.15, 0.2) is 6.61 Å². The summed E-state index contributed by atoms with van der Waals surface area (Å²) in [5.74, 6) is -0.658. The molecule has 0 saturated heterocycles. The molecule has 0 radical (unpaired) electrons. The average Bonchev–Trinajstić information content (AvgIpc) is 2.72. The van der Waals surface area contributed by atoms with Gasteiger partial charge in [0.05, 0.1) is 6.04 Å². The zero-order valence-corrected chi connectivity index (χ0v) is 17.1. The van der Waals surface area contributed by atoms with Crippen LogP contribution in [0.4, 0.5) is 4.79 Å². The molecule has 6 nitrogen and oxygen atoms in total. The first kappa shape index (κ1) is 21.0. The molecule has 3 rings (SSSR count). The largest absolute Gasteiger partial charge is 0.482 e. The molecule has 0 aliphatic carbocycles. The fourth-order valence-corrected chi connectivity index (χ4v) is 3.78. The minimum Gasteiger partial charge on any atom is -0.482 e. The van der Waals surface area contributed by atoms with Gasteiger partial charge >= 0.3 is 12.0 Å². The second-order valence-corrected chi connectivity index (χ2v) is 7.43. The number of hydrogen-bond donors (Lipinski definition) is 2. The molecule has 1 unspecified atom stereocenters. The van der Waals surface area contributed by atoms with Gasteiger partial charge in [-0.2, -0.15) is 0 Å². The number of hydrogen-bond acceptors (Lipinski definition) is 3. The van der Waals surface area contributed by atoms with Gasteiger partial charge in [-0.05, 0) is 42.2 Å². The average molecular weight is 417 g/mol. The van der Waals surface area contributed by atoms with E-state index in [1.165, 1.54) is 0 Å². The van der Waals surface area contributed by atoms with E-state index in [9.17, 15) is 9.59 Å². The van der Waals surface area contributed by atoms with Crippen LogP contribution >= 0.6 is 11.6 Å². The molecule has 29 heavy (non-hydrogen) atoms. The highest BCUT2D eigenvalue weighted by molar-refractivity contribution is 6.30. The number of ether oxygens (including phenoxy) is 1. The number of carboxylic acid groups (broad SMARTS) is 1. The molecule has 1 aliphatic rings. The van der Waals surface area contributed by atoms with Gasteiger partial charge in [-0.3, -0.25) is 0 Å². The number of unbranched alkanes of at least 4 members (excludes halogenated alkanes) is 1. The molecule has 0 saturated carbocycles. The number of nitrogens with zero attached hydrogens (tertiary/aromatic N) is 1. The van der Waals surface area contributed by atoms with Crippen molar-refractivity contribution in [3.63, 3.8) is 0 Å². The normalized spacial score (nSPS) is 15.5. The maximum absolute atomic E-state index is 13.0. The summed E-state index contributed by atoms with van der Waals surface area (Å²) in [5.41, 5.74) is 2.82. The minimum absolute atomic E-state index is 0.151. The van der Waals surface area contributed by atoms with Crippen LogP contribution in [0, 0.1) is 0 Å². The second kappa shape index (κ2) is 9.65. The molecule has 0 fully saturated rings. The Morgan fingerprint density at radius 2 is 2.03 bits per heavy atom. The predicted molar refractivity (Wildman–Crippen MR) is 112 cm³/mol. The van der Waals surface area contributed by atoms with E-state index in [-0.39, 0.29) is 6.03 Å². The van der Waals surface area contributed by atoms with Crippen molar-refractivity contribution < 1.29 is 19.4 Å². The lowest BCUT2D eigenvalue weighted by Gasteiger charge is -2.38. The van der Waals surface area contributed by atoms with Gasteiger partial charge in [-0.1, -0.05) is 49.2 Å². The third-order valence-electron chi connectivity index (χ3n) is 4.97. The maximum Gasteiger partial charge on any atom is 0.341 e. The van der Waals surface area contributed by atoms with E-state index in [1.54, 1.807) is 23.1 Å². The number of carbonyl (C=O) groups excluding carboxylic acids is 1. The van der Waals surface area contributed by atoms with E-state index in [1.807, 2.05) is 18.2 Å². The van der Waals surface area contributed by atoms with Crippen molar-refractivity contribution in [2.24, 2.45) is 0 Å². The SMILES string of the molecule is CCCCNC(=O)N1CCc2ccccc2C1c1cc(Cl)ccc1OCC(=O)O. The lowest BCUT2D eigenvalue weighted by atomic mass is 9.88. The summed E-state index contributed by atoms with van der Waals surface area (Å²) in [7, 11) is 0. The van der Waals surface area contributed by atoms with Gasteiger partial charge in [0.2, 0.25) is 0 Å². The molecule has 0 aromatic heterocycles. The number of halogens is 1. The molecule has 2 aromatic carbocycles. The number of urea groups is 1. The van der Waals surface area contributed by atoms with Gasteiger partial charge in [0.25, 0.3) is 0 Å². The van der Waals surface area contributed by atoms with E-state index in [0.29, 0.717) is 29.4 Å². The van der Waals surface area contributed by atoms with Crippen LogP contribution in [0.15, 0.2) is 42.5 Å². The smallest absolute Gasteiger partial charge is 0.341 e. The monoisotopic (exact) mass is 416 g/mol. The van der Waals surface area contributed by atoms with Gasteiger partial charge in [-0.15, -0.1) is 0 Å². The quantitative estimate of drug-likeness (QED) is 0.661. The lowest BCUT2D eigenvalue weighted by Crippen LogP contribution is -2.46. The Kier molecular flexibility index (Phi) is 6.99. The summed E-state index contributed by atoms with van der Waals surface area (Å²) in [4.78, 5) is 25.8. The van der Waals surface area contributed by atoms with Crippen LogP contribution in [0.5, 0.6) is 5.75 Å². The first-order valence-corrected chi connectivity index (χ1v) is 10.2. The van der Waals surface area contributed by atoms with Crippen LogP contribution in [0.1, 0.15) is 42.5 Å². The standard InChI is InChI=1S/C22H25ClN2O4/c1-2-3-11-24-22(28)25-12-10-15-6-4-5-7-17(15)21(25)18-13-16(23)8-9-19(18)29-14-20(26)27/h4-9,13,21H,2-3,10-12,14H2,1H3,(H,24,28)(H,26,27). The summed E-state index contributed by atoms with van der Waals surface area (Å²) in [6.45, 7) is 2.76. The molecule has 0 bridgehead atoms. The lowest BCUT2D eigenvalue weighted by molar-refractivity contribution is -0.139. The van der Waals surface area contributed by atoms with Crippen LogP contribution in [0.3, 0.4) is 0 Å². The molecular formula is C22H25ClN2O4. The van der Waals surface area contributed by atoms with Gasteiger partial charge in [0, 0.05) is 23.7 Å². The minimum atomic E-state index is -1.07. The highest BCUT2D eigenvalue weighted by Gasteiger charge is 2.34. The zero-order chi connectivity index (χ0) is 20.8. The summed E-state index contributed by atoms with van der Waals surface area (Å²) >= 11 is 6.26. The number of carbonyl (C=O) groups is 2. The van der Waals surface area contributed by atoms with Crippen LogP contribution in [0.25, 0.3) is 0 Å². The summed E-state index contributed by atoms with van der Waals surface area (Å²) in [6, 6.07) is 12.5. The van der Waals surface area contributed by atoms with Crippen LogP contribution in [-0.4, -0.2) is 41.7 Å². The van der Waals surface area contributed by atoms with Crippen molar-refractivity contribution in [3.8, 4) is 5.75 Å². The van der Waals surface area contributed by atoms with Crippen LogP contribution in [0.2, 0.25) is 5.02 Å². The molecule has 7 heteroatoms. The number of nitrogens with one attached hydrogen (secondary N) is 1. The fraction of sp³-hybridized carbons (Fsp3) is 0.364. The van der Waals surface area contributed by atoms with Crippen molar-refractivity contribution >= 4 is 23.6 Å². The van der Waals surface area contributed by atoms with E-state index in [0.717, 1.165) is 30.4 Å². The molecule has 1 aliphatic heterocycles. The first-order valence-electron chi connectivity index (χ1n) is 9.77. The van der Waals surface area contributed by atoms with Crippen LogP contribution < -0.4 is 10.1 Å². The number of amides is 2. The Labute approximate surface area is 175 Å². The predicted octanol–water partition coefficient (Wildman–Crippen LogP) is 4.26. The molecule has 2 aromatic rings. The molecular weight excluding hydrogens is 392 g/mol. The first-order chi connectivity index (χ1) is 14.0.